The van der Waals surface area contributed by atoms with E-state index in [1.165, 1.54) is 29.0 Å². The van der Waals surface area contributed by atoms with Crippen molar-refractivity contribution in [2.24, 2.45) is 0 Å². The summed E-state index contributed by atoms with van der Waals surface area (Å²) in [5.41, 5.74) is 3.16. The number of rotatable bonds is 4. The normalized spacial score (nSPS) is 11.6. The van der Waals surface area contributed by atoms with Crippen molar-refractivity contribution in [3.05, 3.63) is 68.7 Å². The van der Waals surface area contributed by atoms with E-state index in [0.717, 1.165) is 15.3 Å². The maximum atomic E-state index is 10.8. The highest BCUT2D eigenvalue weighted by Gasteiger charge is 2.09. The van der Waals surface area contributed by atoms with Gasteiger partial charge in [-0.25, -0.2) is 4.98 Å². The average molecular weight is 324 g/mol. The number of hydrogen-bond donors (Lipinski definition) is 0. The summed E-state index contributed by atoms with van der Waals surface area (Å²) in [6.07, 6.45) is 3.96. The molecule has 3 aromatic rings. The molecule has 116 valence electrons. The lowest BCUT2D eigenvalue weighted by Gasteiger charge is -2.04. The van der Waals surface area contributed by atoms with Crippen LogP contribution >= 0.6 is 11.3 Å². The average Bonchev–Trinajstić information content (AvgIpc) is 2.95. The van der Waals surface area contributed by atoms with Gasteiger partial charge in [0.1, 0.15) is 5.01 Å². The Balaban J connectivity index is 1.84. The molecule has 1 heterocycles. The lowest BCUT2D eigenvalue weighted by molar-refractivity contribution is -0.384. The minimum atomic E-state index is -0.398. The van der Waals surface area contributed by atoms with E-state index in [-0.39, 0.29) is 5.69 Å². The summed E-state index contributed by atoms with van der Waals surface area (Å²) >= 11 is 1.52. The SMILES string of the molecule is CC(C)c1ccc(C=Cc2nc3cc([N+](=O)[O-])ccc3s2)cc1. The summed E-state index contributed by atoms with van der Waals surface area (Å²) in [5, 5.41) is 11.6. The molecule has 1 aromatic heterocycles. The summed E-state index contributed by atoms with van der Waals surface area (Å²) < 4.78 is 0.949. The smallest absolute Gasteiger partial charge is 0.258 e. The van der Waals surface area contributed by atoms with Gasteiger partial charge in [0.05, 0.1) is 15.1 Å². The zero-order chi connectivity index (χ0) is 16.4. The van der Waals surface area contributed by atoms with Gasteiger partial charge in [0.15, 0.2) is 0 Å². The summed E-state index contributed by atoms with van der Waals surface area (Å²) in [5.74, 6) is 0.521. The van der Waals surface area contributed by atoms with E-state index in [0.29, 0.717) is 11.4 Å². The van der Waals surface area contributed by atoms with Gasteiger partial charge in [0.25, 0.3) is 5.69 Å². The minimum Gasteiger partial charge on any atom is -0.258 e. The molecular formula is C18H16N2O2S. The predicted molar refractivity (Wildman–Crippen MR) is 95.7 cm³/mol. The molecule has 0 aliphatic carbocycles. The number of thiazole rings is 1. The Hall–Kier alpha value is -2.53. The van der Waals surface area contributed by atoms with Gasteiger partial charge in [0, 0.05) is 12.1 Å². The number of nitro benzene ring substituents is 1. The molecule has 23 heavy (non-hydrogen) atoms. The van der Waals surface area contributed by atoms with Crippen LogP contribution in [0.2, 0.25) is 0 Å². The molecule has 2 aromatic carbocycles. The van der Waals surface area contributed by atoms with Crippen LogP contribution in [0.25, 0.3) is 22.4 Å². The molecule has 4 nitrogen and oxygen atoms in total. The number of non-ortho nitro benzene ring substituents is 1. The number of nitrogens with zero attached hydrogens (tertiary/aromatic N) is 2. The third kappa shape index (κ3) is 3.46. The second-order valence-electron chi connectivity index (χ2n) is 5.62. The molecule has 0 unspecified atom stereocenters. The lowest BCUT2D eigenvalue weighted by atomic mass is 10.0. The van der Waals surface area contributed by atoms with Crippen molar-refractivity contribution in [3.8, 4) is 0 Å². The van der Waals surface area contributed by atoms with Crippen molar-refractivity contribution in [1.82, 2.24) is 4.98 Å². The number of nitro groups is 1. The first kappa shape index (κ1) is 15.4. The van der Waals surface area contributed by atoms with E-state index < -0.39 is 4.92 Å². The molecule has 0 atom stereocenters. The molecule has 5 heteroatoms. The van der Waals surface area contributed by atoms with Gasteiger partial charge < -0.3 is 0 Å². The quantitative estimate of drug-likeness (QED) is 0.470. The summed E-state index contributed by atoms with van der Waals surface area (Å²) in [6, 6.07) is 13.2. The summed E-state index contributed by atoms with van der Waals surface area (Å²) in [6.45, 7) is 4.34. The first-order valence-corrected chi connectivity index (χ1v) is 8.17. The lowest BCUT2D eigenvalue weighted by Crippen LogP contribution is -1.86. The van der Waals surface area contributed by atoms with Gasteiger partial charge in [-0.2, -0.15) is 0 Å². The number of hydrogen-bond acceptors (Lipinski definition) is 4. The third-order valence-electron chi connectivity index (χ3n) is 3.62. The molecule has 0 N–H and O–H groups in total. The van der Waals surface area contributed by atoms with Crippen LogP contribution in [0.3, 0.4) is 0 Å². The van der Waals surface area contributed by atoms with Gasteiger partial charge in [-0.05, 0) is 29.2 Å². The minimum absolute atomic E-state index is 0.0719. The van der Waals surface area contributed by atoms with Gasteiger partial charge in [-0.1, -0.05) is 44.2 Å². The van der Waals surface area contributed by atoms with Crippen molar-refractivity contribution in [2.45, 2.75) is 19.8 Å². The van der Waals surface area contributed by atoms with Gasteiger partial charge >= 0.3 is 0 Å². The summed E-state index contributed by atoms with van der Waals surface area (Å²) in [4.78, 5) is 14.9. The Morgan fingerprint density at radius 2 is 1.87 bits per heavy atom. The first-order chi connectivity index (χ1) is 11.0. The first-order valence-electron chi connectivity index (χ1n) is 7.36. The Kier molecular flexibility index (Phi) is 4.21. The van der Waals surface area contributed by atoms with Crippen LogP contribution in [0.5, 0.6) is 0 Å². The van der Waals surface area contributed by atoms with Crippen molar-refractivity contribution >= 4 is 39.4 Å². The van der Waals surface area contributed by atoms with E-state index in [1.807, 2.05) is 12.2 Å². The van der Waals surface area contributed by atoms with E-state index in [1.54, 1.807) is 6.07 Å². The van der Waals surface area contributed by atoms with E-state index in [9.17, 15) is 10.1 Å². The second-order valence-corrected chi connectivity index (χ2v) is 6.68. The highest BCUT2D eigenvalue weighted by Crippen LogP contribution is 2.27. The molecule has 0 amide bonds. The Morgan fingerprint density at radius 1 is 1.13 bits per heavy atom. The Bertz CT molecular complexity index is 880. The van der Waals surface area contributed by atoms with E-state index in [4.69, 9.17) is 0 Å². The predicted octanol–water partition coefficient (Wildman–Crippen LogP) is 5.50. The molecule has 0 saturated heterocycles. The topological polar surface area (TPSA) is 56.0 Å². The standard InChI is InChI=1S/C18H16N2O2S/c1-12(2)14-6-3-13(4-7-14)5-10-18-19-16-11-15(20(21)22)8-9-17(16)23-18/h3-12H,1-2H3. The highest BCUT2D eigenvalue weighted by atomic mass is 32.1. The summed E-state index contributed by atoms with van der Waals surface area (Å²) in [7, 11) is 0. The van der Waals surface area contributed by atoms with E-state index >= 15 is 0 Å². The highest BCUT2D eigenvalue weighted by molar-refractivity contribution is 7.19. The Labute approximate surface area is 138 Å². The molecule has 0 aliphatic heterocycles. The van der Waals surface area contributed by atoms with Crippen LogP contribution in [0.15, 0.2) is 42.5 Å². The molecule has 0 saturated carbocycles. The van der Waals surface area contributed by atoms with Crippen molar-refractivity contribution < 1.29 is 4.92 Å². The fourth-order valence-corrected chi connectivity index (χ4v) is 3.13. The Morgan fingerprint density at radius 3 is 2.52 bits per heavy atom. The van der Waals surface area contributed by atoms with E-state index in [2.05, 4.69) is 43.1 Å². The van der Waals surface area contributed by atoms with Gasteiger partial charge in [-0.15, -0.1) is 11.3 Å². The zero-order valence-electron chi connectivity index (χ0n) is 12.9. The van der Waals surface area contributed by atoms with Gasteiger partial charge in [0.2, 0.25) is 0 Å². The third-order valence-corrected chi connectivity index (χ3v) is 4.62. The molecule has 0 fully saturated rings. The second kappa shape index (κ2) is 6.30. The number of aromatic nitrogens is 1. The van der Waals surface area contributed by atoms with Crippen LogP contribution in [0.1, 0.15) is 35.9 Å². The molecule has 0 aliphatic rings. The fourth-order valence-electron chi connectivity index (χ4n) is 2.28. The van der Waals surface area contributed by atoms with Gasteiger partial charge in [-0.3, -0.25) is 10.1 Å². The molecule has 0 spiro atoms. The maximum absolute atomic E-state index is 10.8. The molecule has 0 bridgehead atoms. The monoisotopic (exact) mass is 324 g/mol. The fraction of sp³-hybridized carbons (Fsp3) is 0.167. The number of benzene rings is 2. The molecule has 0 radical (unpaired) electrons. The van der Waals surface area contributed by atoms with Crippen LogP contribution in [-0.4, -0.2) is 9.91 Å². The van der Waals surface area contributed by atoms with Crippen molar-refractivity contribution in [3.63, 3.8) is 0 Å². The molecular weight excluding hydrogens is 308 g/mol. The molecule has 3 rings (SSSR count). The maximum Gasteiger partial charge on any atom is 0.271 e. The number of fused-ring (bicyclic) bond motifs is 1. The van der Waals surface area contributed by atoms with Crippen LogP contribution in [0.4, 0.5) is 5.69 Å². The van der Waals surface area contributed by atoms with Crippen LogP contribution < -0.4 is 0 Å². The van der Waals surface area contributed by atoms with Crippen LogP contribution in [0, 0.1) is 10.1 Å². The zero-order valence-corrected chi connectivity index (χ0v) is 13.7. The van der Waals surface area contributed by atoms with Crippen molar-refractivity contribution in [1.29, 1.82) is 0 Å². The van der Waals surface area contributed by atoms with Crippen LogP contribution in [-0.2, 0) is 0 Å². The van der Waals surface area contributed by atoms with Crippen molar-refractivity contribution in [2.75, 3.05) is 0 Å². The largest absolute Gasteiger partial charge is 0.271 e.